The van der Waals surface area contributed by atoms with Gasteiger partial charge in [-0.05, 0) is 30.7 Å². The third kappa shape index (κ3) is 4.89. The summed E-state index contributed by atoms with van der Waals surface area (Å²) in [5, 5.41) is 0. The number of hydrogen-bond acceptors (Lipinski definition) is 4. The molecular weight excluding hydrogens is 309 g/mol. The molecule has 1 rings (SSSR count). The van der Waals surface area contributed by atoms with Crippen molar-refractivity contribution in [3.63, 3.8) is 0 Å². The Morgan fingerprint density at radius 1 is 1.33 bits per heavy atom. The Labute approximate surface area is 120 Å². The van der Waals surface area contributed by atoms with E-state index < -0.39 is 32.4 Å². The maximum absolute atomic E-state index is 12.9. The number of benzene rings is 1. The number of alkyl halides is 3. The zero-order valence-electron chi connectivity index (χ0n) is 11.3. The van der Waals surface area contributed by atoms with Gasteiger partial charge in [0.25, 0.3) is 0 Å². The van der Waals surface area contributed by atoms with Crippen LogP contribution in [0.1, 0.15) is 18.1 Å². The quantitative estimate of drug-likeness (QED) is 0.632. The van der Waals surface area contributed by atoms with E-state index in [9.17, 15) is 26.4 Å². The Kier molecular flexibility index (Phi) is 5.16. The van der Waals surface area contributed by atoms with E-state index in [1.54, 1.807) is 6.92 Å². The molecule has 0 aliphatic carbocycles. The second-order valence-electron chi connectivity index (χ2n) is 4.11. The largest absolute Gasteiger partial charge is 0.463 e. The molecule has 0 atom stereocenters. The van der Waals surface area contributed by atoms with Crippen LogP contribution in [0.15, 0.2) is 29.2 Å². The first-order valence-electron chi connectivity index (χ1n) is 5.82. The van der Waals surface area contributed by atoms with Crippen molar-refractivity contribution < 1.29 is 31.1 Å². The number of sulfone groups is 1. The molecular formula is C13H13F3O4S. The van der Waals surface area contributed by atoms with Gasteiger partial charge in [-0.25, -0.2) is 13.2 Å². The lowest BCUT2D eigenvalue weighted by Crippen LogP contribution is -2.12. The van der Waals surface area contributed by atoms with Crippen LogP contribution < -0.4 is 0 Å². The fourth-order valence-electron chi connectivity index (χ4n) is 1.55. The molecule has 116 valence electrons. The van der Waals surface area contributed by atoms with Gasteiger partial charge in [0.05, 0.1) is 17.1 Å². The van der Waals surface area contributed by atoms with E-state index in [4.69, 9.17) is 0 Å². The third-order valence-corrected chi connectivity index (χ3v) is 3.56. The van der Waals surface area contributed by atoms with E-state index in [-0.39, 0.29) is 12.2 Å². The molecule has 0 aliphatic heterocycles. The first kappa shape index (κ1) is 17.2. The molecule has 0 aromatic heterocycles. The molecule has 8 heteroatoms. The molecule has 0 saturated heterocycles. The van der Waals surface area contributed by atoms with Crippen LogP contribution in [-0.2, 0) is 25.5 Å². The van der Waals surface area contributed by atoms with Gasteiger partial charge in [0.1, 0.15) is 0 Å². The first-order valence-corrected chi connectivity index (χ1v) is 7.71. The van der Waals surface area contributed by atoms with Gasteiger partial charge in [-0.15, -0.1) is 0 Å². The van der Waals surface area contributed by atoms with Crippen molar-refractivity contribution in [1.29, 1.82) is 0 Å². The van der Waals surface area contributed by atoms with Gasteiger partial charge in [0.2, 0.25) is 0 Å². The molecule has 0 heterocycles. The van der Waals surface area contributed by atoms with Crippen LogP contribution in [0.2, 0.25) is 0 Å². The molecule has 0 bridgehead atoms. The highest BCUT2D eigenvalue weighted by Gasteiger charge is 2.36. The van der Waals surface area contributed by atoms with Crippen molar-refractivity contribution in [2.24, 2.45) is 0 Å². The summed E-state index contributed by atoms with van der Waals surface area (Å²) in [6.45, 7) is 1.73. The highest BCUT2D eigenvalue weighted by molar-refractivity contribution is 7.90. The Morgan fingerprint density at radius 3 is 2.43 bits per heavy atom. The highest BCUT2D eigenvalue weighted by Crippen LogP contribution is 2.35. The summed E-state index contributed by atoms with van der Waals surface area (Å²) in [5.74, 6) is -0.696. The number of halogens is 3. The monoisotopic (exact) mass is 322 g/mol. The van der Waals surface area contributed by atoms with E-state index in [1.165, 1.54) is 6.07 Å². The van der Waals surface area contributed by atoms with Crippen LogP contribution in [0.25, 0.3) is 6.08 Å². The minimum atomic E-state index is -4.81. The maximum atomic E-state index is 12.9. The van der Waals surface area contributed by atoms with Crippen LogP contribution >= 0.6 is 0 Å². The van der Waals surface area contributed by atoms with Crippen LogP contribution in [0.5, 0.6) is 0 Å². The van der Waals surface area contributed by atoms with Gasteiger partial charge in [-0.2, -0.15) is 13.2 Å². The molecule has 0 radical (unpaired) electrons. The average Bonchev–Trinajstić information content (AvgIpc) is 2.34. The standard InChI is InChI=1S/C13H13F3O4S/c1-3-20-12(17)7-5-9-4-6-11(21(2,18)19)10(8-9)13(14,15)16/h4-8H,3H2,1-2H3/b7-5+. The second-order valence-corrected chi connectivity index (χ2v) is 6.10. The molecule has 0 saturated carbocycles. The predicted molar refractivity (Wildman–Crippen MR) is 70.2 cm³/mol. The van der Waals surface area contributed by atoms with Gasteiger partial charge in [0.15, 0.2) is 9.84 Å². The van der Waals surface area contributed by atoms with Crippen LogP contribution in [0.3, 0.4) is 0 Å². The molecule has 1 aromatic carbocycles. The van der Waals surface area contributed by atoms with E-state index in [0.29, 0.717) is 12.3 Å². The van der Waals surface area contributed by atoms with Crippen molar-refractivity contribution in [2.75, 3.05) is 12.9 Å². The fourth-order valence-corrected chi connectivity index (χ4v) is 2.44. The smallest absolute Gasteiger partial charge is 0.417 e. The van der Waals surface area contributed by atoms with Crippen LogP contribution in [0.4, 0.5) is 13.2 Å². The third-order valence-electron chi connectivity index (χ3n) is 2.41. The van der Waals surface area contributed by atoms with E-state index in [1.807, 2.05) is 0 Å². The molecule has 0 N–H and O–H groups in total. The lowest BCUT2D eigenvalue weighted by Gasteiger charge is -2.12. The van der Waals surface area contributed by atoms with Crippen molar-refractivity contribution in [3.8, 4) is 0 Å². The summed E-state index contributed by atoms with van der Waals surface area (Å²) in [6.07, 6.45) is -2.02. The van der Waals surface area contributed by atoms with Gasteiger partial charge < -0.3 is 4.74 Å². The van der Waals surface area contributed by atoms with Gasteiger partial charge in [-0.1, -0.05) is 6.07 Å². The molecule has 0 aliphatic rings. The van der Waals surface area contributed by atoms with Gasteiger partial charge >= 0.3 is 12.1 Å². The lowest BCUT2D eigenvalue weighted by atomic mass is 10.1. The molecule has 0 spiro atoms. The highest BCUT2D eigenvalue weighted by atomic mass is 32.2. The Morgan fingerprint density at radius 2 is 1.95 bits per heavy atom. The predicted octanol–water partition coefficient (Wildman–Crippen LogP) is 2.69. The van der Waals surface area contributed by atoms with Crippen molar-refractivity contribution in [2.45, 2.75) is 18.0 Å². The van der Waals surface area contributed by atoms with Crippen molar-refractivity contribution >= 4 is 21.9 Å². The van der Waals surface area contributed by atoms with E-state index >= 15 is 0 Å². The summed E-state index contributed by atoms with van der Waals surface area (Å²) >= 11 is 0. The van der Waals surface area contributed by atoms with Crippen LogP contribution in [-0.4, -0.2) is 27.2 Å². The average molecular weight is 322 g/mol. The second kappa shape index (κ2) is 6.30. The summed E-state index contributed by atoms with van der Waals surface area (Å²) in [5.41, 5.74) is -1.22. The minimum absolute atomic E-state index is 0.0442. The van der Waals surface area contributed by atoms with E-state index in [0.717, 1.165) is 18.2 Å². The zero-order chi connectivity index (χ0) is 16.3. The Balaban J connectivity index is 3.27. The topological polar surface area (TPSA) is 60.4 Å². The number of carbonyl (C=O) groups excluding carboxylic acids is 1. The molecule has 0 fully saturated rings. The number of hydrogen-bond donors (Lipinski definition) is 0. The molecule has 4 nitrogen and oxygen atoms in total. The molecule has 1 aromatic rings. The lowest BCUT2D eigenvalue weighted by molar-refractivity contribution is -0.140. The fraction of sp³-hybridized carbons (Fsp3) is 0.308. The van der Waals surface area contributed by atoms with Crippen molar-refractivity contribution in [3.05, 3.63) is 35.4 Å². The summed E-state index contributed by atoms with van der Waals surface area (Å²) in [6, 6.07) is 2.72. The summed E-state index contributed by atoms with van der Waals surface area (Å²) < 4.78 is 66.0. The number of carbonyl (C=O) groups is 1. The molecule has 0 amide bonds. The maximum Gasteiger partial charge on any atom is 0.417 e. The number of rotatable bonds is 4. The zero-order valence-corrected chi connectivity index (χ0v) is 12.1. The minimum Gasteiger partial charge on any atom is -0.463 e. The normalized spacial score (nSPS) is 12.6. The van der Waals surface area contributed by atoms with Gasteiger partial charge in [0, 0.05) is 12.3 Å². The van der Waals surface area contributed by atoms with Gasteiger partial charge in [-0.3, -0.25) is 0 Å². The van der Waals surface area contributed by atoms with E-state index in [2.05, 4.69) is 4.74 Å². The number of ether oxygens (including phenoxy) is 1. The van der Waals surface area contributed by atoms with Crippen LogP contribution in [0, 0.1) is 0 Å². The molecule has 0 unspecified atom stereocenters. The summed E-state index contributed by atoms with van der Waals surface area (Å²) in [4.78, 5) is 10.3. The molecule has 21 heavy (non-hydrogen) atoms. The number of esters is 1. The summed E-state index contributed by atoms with van der Waals surface area (Å²) in [7, 11) is -4.01. The first-order chi connectivity index (χ1) is 9.55. The van der Waals surface area contributed by atoms with Crippen molar-refractivity contribution in [1.82, 2.24) is 0 Å². The Bertz CT molecular complexity index is 660. The SMILES string of the molecule is CCOC(=O)/C=C/c1ccc(S(C)(=O)=O)c(C(F)(F)F)c1. The Hall–Kier alpha value is -1.83.